The van der Waals surface area contributed by atoms with Crippen LogP contribution in [0.5, 0.6) is 0 Å². The number of para-hydroxylation sites is 1. The van der Waals surface area contributed by atoms with Crippen LogP contribution in [-0.2, 0) is 11.2 Å². The van der Waals surface area contributed by atoms with E-state index in [1.807, 2.05) is 45.5 Å². The molecule has 0 radical (unpaired) electrons. The van der Waals surface area contributed by atoms with Gasteiger partial charge in [0.1, 0.15) is 0 Å². The Kier molecular flexibility index (Phi) is 4.55. The Bertz CT molecular complexity index is 767. The van der Waals surface area contributed by atoms with Crippen LogP contribution in [0, 0.1) is 0 Å². The van der Waals surface area contributed by atoms with Crippen molar-refractivity contribution in [2.45, 2.75) is 6.42 Å². The molecule has 0 saturated carbocycles. The van der Waals surface area contributed by atoms with Gasteiger partial charge in [0.05, 0.1) is 11.4 Å². The van der Waals surface area contributed by atoms with Crippen LogP contribution in [0.15, 0.2) is 41.8 Å². The molecule has 0 unspecified atom stereocenters. The van der Waals surface area contributed by atoms with Crippen molar-refractivity contribution >= 4 is 28.8 Å². The Morgan fingerprint density at radius 1 is 0.960 bits per heavy atom. The molecule has 0 atom stereocenters. The van der Waals surface area contributed by atoms with E-state index in [0.717, 1.165) is 36.6 Å². The van der Waals surface area contributed by atoms with Crippen LogP contribution >= 0.6 is 11.3 Å². The van der Waals surface area contributed by atoms with Crippen LogP contribution in [0.3, 0.4) is 0 Å². The normalized spacial score (nSPS) is 17.6. The summed E-state index contributed by atoms with van der Waals surface area (Å²) in [6, 6.07) is 11.9. The Morgan fingerprint density at radius 2 is 1.76 bits per heavy atom. The molecule has 3 heterocycles. The molecule has 0 aliphatic carbocycles. The fraction of sp³-hybridized carbons (Fsp3) is 0.368. The lowest BCUT2D eigenvalue weighted by molar-refractivity contribution is -0.120. The van der Waals surface area contributed by atoms with Gasteiger partial charge >= 0.3 is 0 Å². The number of hydrogen-bond acceptors (Lipinski definition) is 4. The zero-order chi connectivity index (χ0) is 17.2. The molecule has 2 aliphatic heterocycles. The maximum absolute atomic E-state index is 12.7. The van der Waals surface area contributed by atoms with Crippen LogP contribution in [-0.4, -0.2) is 60.9 Å². The fourth-order valence-electron chi connectivity index (χ4n) is 3.54. The maximum atomic E-state index is 12.7. The van der Waals surface area contributed by atoms with Gasteiger partial charge < -0.3 is 9.80 Å². The van der Waals surface area contributed by atoms with Gasteiger partial charge in [-0.2, -0.15) is 0 Å². The second-order valence-electron chi connectivity index (χ2n) is 6.47. The van der Waals surface area contributed by atoms with Gasteiger partial charge in [0.2, 0.25) is 5.91 Å². The molecule has 2 aromatic rings. The lowest BCUT2D eigenvalue weighted by Gasteiger charge is -2.34. The zero-order valence-corrected chi connectivity index (χ0v) is 14.9. The molecule has 4 rings (SSSR count). The lowest BCUT2D eigenvalue weighted by atomic mass is 10.2. The van der Waals surface area contributed by atoms with Crippen molar-refractivity contribution in [2.24, 2.45) is 0 Å². The summed E-state index contributed by atoms with van der Waals surface area (Å²) in [5.41, 5.74) is 2.31. The molecule has 6 heteroatoms. The summed E-state index contributed by atoms with van der Waals surface area (Å²) >= 11 is 1.48. The van der Waals surface area contributed by atoms with Gasteiger partial charge in [-0.3, -0.25) is 14.5 Å². The molecule has 0 bridgehead atoms. The number of hydrogen-bond donors (Lipinski definition) is 0. The zero-order valence-electron chi connectivity index (χ0n) is 14.1. The van der Waals surface area contributed by atoms with Crippen LogP contribution in [0.2, 0.25) is 0 Å². The van der Waals surface area contributed by atoms with E-state index in [9.17, 15) is 9.59 Å². The molecule has 1 aromatic carbocycles. The van der Waals surface area contributed by atoms with Crippen molar-refractivity contribution in [1.82, 2.24) is 9.80 Å². The van der Waals surface area contributed by atoms with E-state index in [1.54, 1.807) is 0 Å². The molecule has 2 amide bonds. The number of fused-ring (bicyclic) bond motifs is 1. The molecule has 0 N–H and O–H groups in total. The summed E-state index contributed by atoms with van der Waals surface area (Å²) in [6.07, 6.45) is 0.936. The van der Waals surface area contributed by atoms with Crippen molar-refractivity contribution in [3.8, 4) is 0 Å². The molecule has 1 fully saturated rings. The lowest BCUT2D eigenvalue weighted by Crippen LogP contribution is -2.51. The Labute approximate surface area is 151 Å². The van der Waals surface area contributed by atoms with Crippen molar-refractivity contribution < 1.29 is 9.59 Å². The first-order valence-electron chi connectivity index (χ1n) is 8.66. The molecular formula is C19H21N3O2S. The van der Waals surface area contributed by atoms with Crippen molar-refractivity contribution in [2.75, 3.05) is 44.2 Å². The molecule has 1 saturated heterocycles. The number of thiophene rings is 1. The first kappa shape index (κ1) is 16.3. The quantitative estimate of drug-likeness (QED) is 0.847. The minimum atomic E-state index is 0.106. The maximum Gasteiger partial charge on any atom is 0.264 e. The molecule has 25 heavy (non-hydrogen) atoms. The van der Waals surface area contributed by atoms with Crippen LogP contribution in [0.4, 0.5) is 5.69 Å². The summed E-state index contributed by atoms with van der Waals surface area (Å²) in [4.78, 5) is 31.8. The number of amides is 2. The third kappa shape index (κ3) is 3.32. The van der Waals surface area contributed by atoms with E-state index in [4.69, 9.17) is 0 Å². The Morgan fingerprint density at radius 3 is 2.52 bits per heavy atom. The molecule has 130 valence electrons. The number of carbonyl (C=O) groups excluding carboxylic acids is 2. The van der Waals surface area contributed by atoms with Gasteiger partial charge in [0, 0.05) is 38.4 Å². The summed E-state index contributed by atoms with van der Waals surface area (Å²) in [6.45, 7) is 4.06. The summed E-state index contributed by atoms with van der Waals surface area (Å²) in [7, 11) is 0. The smallest absolute Gasteiger partial charge is 0.264 e. The van der Waals surface area contributed by atoms with Crippen molar-refractivity contribution in [1.29, 1.82) is 0 Å². The van der Waals surface area contributed by atoms with Crippen LogP contribution < -0.4 is 4.90 Å². The van der Waals surface area contributed by atoms with Gasteiger partial charge in [-0.1, -0.05) is 24.3 Å². The average molecular weight is 355 g/mol. The molecule has 1 aromatic heterocycles. The Hall–Kier alpha value is -2.18. The van der Waals surface area contributed by atoms with Crippen LogP contribution in [0.25, 0.3) is 0 Å². The monoisotopic (exact) mass is 355 g/mol. The van der Waals surface area contributed by atoms with E-state index in [-0.39, 0.29) is 11.8 Å². The SMILES string of the molecule is O=C(c1cccs1)N1CCN(CC(=O)N2CCc3ccccc32)CC1. The van der Waals surface area contributed by atoms with Gasteiger partial charge in [0.25, 0.3) is 5.91 Å². The minimum Gasteiger partial charge on any atom is -0.335 e. The summed E-state index contributed by atoms with van der Waals surface area (Å²) in [5.74, 6) is 0.262. The number of piperazine rings is 1. The third-order valence-electron chi connectivity index (χ3n) is 4.94. The standard InChI is InChI=1S/C19H21N3O2S/c23-18(22-8-7-15-4-1-2-5-16(15)22)14-20-9-11-21(12-10-20)19(24)17-6-3-13-25-17/h1-6,13H,7-12,14H2. The predicted octanol–water partition coefficient (Wildman–Crippen LogP) is 2.10. The molecular weight excluding hydrogens is 334 g/mol. The van der Waals surface area contributed by atoms with Crippen molar-refractivity contribution in [3.05, 3.63) is 52.2 Å². The van der Waals surface area contributed by atoms with Crippen LogP contribution in [0.1, 0.15) is 15.2 Å². The largest absolute Gasteiger partial charge is 0.335 e. The van der Waals surface area contributed by atoms with E-state index in [1.165, 1.54) is 16.9 Å². The van der Waals surface area contributed by atoms with E-state index >= 15 is 0 Å². The summed E-state index contributed by atoms with van der Waals surface area (Å²) in [5, 5.41) is 1.93. The number of rotatable bonds is 3. The highest BCUT2D eigenvalue weighted by atomic mass is 32.1. The highest BCUT2D eigenvalue weighted by molar-refractivity contribution is 7.12. The highest BCUT2D eigenvalue weighted by Gasteiger charge is 2.28. The molecule has 5 nitrogen and oxygen atoms in total. The number of nitrogens with zero attached hydrogens (tertiary/aromatic N) is 3. The molecule has 2 aliphatic rings. The first-order chi connectivity index (χ1) is 12.2. The predicted molar refractivity (Wildman–Crippen MR) is 99.2 cm³/mol. The van der Waals surface area contributed by atoms with Crippen molar-refractivity contribution in [3.63, 3.8) is 0 Å². The van der Waals surface area contributed by atoms with E-state index < -0.39 is 0 Å². The second-order valence-corrected chi connectivity index (χ2v) is 7.42. The van der Waals surface area contributed by atoms with Gasteiger partial charge in [-0.15, -0.1) is 11.3 Å². The number of carbonyl (C=O) groups is 2. The van der Waals surface area contributed by atoms with Gasteiger partial charge in [-0.05, 0) is 29.5 Å². The van der Waals surface area contributed by atoms with E-state index in [2.05, 4.69) is 11.0 Å². The first-order valence-corrected chi connectivity index (χ1v) is 9.54. The highest BCUT2D eigenvalue weighted by Crippen LogP contribution is 2.27. The Balaban J connectivity index is 1.32. The number of benzene rings is 1. The third-order valence-corrected chi connectivity index (χ3v) is 5.80. The van der Waals surface area contributed by atoms with Gasteiger partial charge in [0.15, 0.2) is 0 Å². The number of anilines is 1. The second kappa shape index (κ2) is 6.98. The average Bonchev–Trinajstić information content (AvgIpc) is 3.31. The van der Waals surface area contributed by atoms with Gasteiger partial charge in [-0.25, -0.2) is 0 Å². The topological polar surface area (TPSA) is 43.9 Å². The molecule has 0 spiro atoms. The summed E-state index contributed by atoms with van der Waals surface area (Å²) < 4.78 is 0. The minimum absolute atomic E-state index is 0.106. The van der Waals surface area contributed by atoms with E-state index in [0.29, 0.717) is 19.6 Å². The fourth-order valence-corrected chi connectivity index (χ4v) is 4.23.